The summed E-state index contributed by atoms with van der Waals surface area (Å²) in [7, 11) is 1.56. The Morgan fingerprint density at radius 1 is 1.21 bits per heavy atom. The zero-order valence-electron chi connectivity index (χ0n) is 18.5. The molecule has 176 valence electrons. The third-order valence-corrected chi connectivity index (χ3v) is 7.52. The minimum absolute atomic E-state index is 0.0903. The molecule has 2 aliphatic heterocycles. The van der Waals surface area contributed by atoms with Crippen LogP contribution < -0.4 is 14.5 Å². The minimum atomic E-state index is -0.254. The zero-order chi connectivity index (χ0) is 23.8. The predicted octanol–water partition coefficient (Wildman–Crippen LogP) is 4.44. The van der Waals surface area contributed by atoms with Gasteiger partial charge in [-0.3, -0.25) is 24.2 Å². The van der Waals surface area contributed by atoms with Crippen LogP contribution in [0.25, 0.3) is 10.2 Å². The lowest BCUT2D eigenvalue weighted by Crippen LogP contribution is -2.37. The summed E-state index contributed by atoms with van der Waals surface area (Å²) in [4.78, 5) is 45.2. The maximum atomic E-state index is 13.6. The molecule has 3 heterocycles. The van der Waals surface area contributed by atoms with Gasteiger partial charge in [0.2, 0.25) is 11.8 Å². The van der Waals surface area contributed by atoms with Crippen molar-refractivity contribution in [2.75, 3.05) is 30.1 Å². The number of ether oxygens (including phenoxy) is 2. The molecule has 0 spiro atoms. The molecular weight excluding hydrogens is 478 g/mol. The highest BCUT2D eigenvalue weighted by molar-refractivity contribution is 7.23. The van der Waals surface area contributed by atoms with Gasteiger partial charge in [0.25, 0.3) is 5.91 Å². The van der Waals surface area contributed by atoms with Crippen molar-refractivity contribution < 1.29 is 23.9 Å². The van der Waals surface area contributed by atoms with Crippen LogP contribution in [-0.4, -0.2) is 49.1 Å². The average molecular weight is 500 g/mol. The number of amides is 3. The number of rotatable bonds is 6. The summed E-state index contributed by atoms with van der Waals surface area (Å²) in [6.07, 6.45) is 2.12. The summed E-state index contributed by atoms with van der Waals surface area (Å²) in [5.41, 5.74) is 1.48. The van der Waals surface area contributed by atoms with Crippen LogP contribution in [0.4, 0.5) is 10.8 Å². The van der Waals surface area contributed by atoms with E-state index < -0.39 is 0 Å². The molecule has 0 radical (unpaired) electrons. The summed E-state index contributed by atoms with van der Waals surface area (Å²) in [6, 6.07) is 9.99. The molecule has 34 heavy (non-hydrogen) atoms. The largest absolute Gasteiger partial charge is 0.494 e. The van der Waals surface area contributed by atoms with Gasteiger partial charge in [-0.05, 0) is 49.2 Å². The number of halogens is 1. The van der Waals surface area contributed by atoms with E-state index in [-0.39, 0.29) is 36.7 Å². The second-order valence-corrected chi connectivity index (χ2v) is 9.53. The van der Waals surface area contributed by atoms with Crippen LogP contribution in [0.15, 0.2) is 36.4 Å². The number of imide groups is 1. The van der Waals surface area contributed by atoms with E-state index in [9.17, 15) is 14.4 Å². The van der Waals surface area contributed by atoms with Crippen LogP contribution in [0.5, 0.6) is 5.75 Å². The van der Waals surface area contributed by atoms with E-state index in [0.29, 0.717) is 45.8 Å². The van der Waals surface area contributed by atoms with E-state index in [1.165, 1.54) is 16.2 Å². The van der Waals surface area contributed by atoms with Crippen LogP contribution in [-0.2, 0) is 14.3 Å². The van der Waals surface area contributed by atoms with Gasteiger partial charge in [0.1, 0.15) is 11.3 Å². The number of methoxy groups -OCH3 is 1. The standard InChI is InChI=1S/C24H22ClN3O5S/c1-32-18-9-8-17(25)22-21(18)26-24(34-22)27(13-16-3-2-12-33-16)23(31)14-4-6-15(7-5-14)28-19(29)10-11-20(28)30/h4-9,16H,2-3,10-13H2,1H3. The van der Waals surface area contributed by atoms with Crippen molar-refractivity contribution in [3.8, 4) is 5.75 Å². The molecule has 0 saturated carbocycles. The molecule has 1 atom stereocenters. The molecule has 0 N–H and O–H groups in total. The predicted molar refractivity (Wildman–Crippen MR) is 130 cm³/mol. The normalized spacial score (nSPS) is 18.2. The Hall–Kier alpha value is -3.01. The van der Waals surface area contributed by atoms with Crippen molar-refractivity contribution in [3.05, 3.63) is 47.0 Å². The van der Waals surface area contributed by atoms with Crippen LogP contribution in [0.1, 0.15) is 36.0 Å². The van der Waals surface area contributed by atoms with E-state index in [4.69, 9.17) is 26.1 Å². The van der Waals surface area contributed by atoms with Crippen LogP contribution >= 0.6 is 22.9 Å². The van der Waals surface area contributed by atoms with E-state index in [2.05, 4.69) is 0 Å². The van der Waals surface area contributed by atoms with Gasteiger partial charge in [0, 0.05) is 25.0 Å². The summed E-state index contributed by atoms with van der Waals surface area (Å²) >= 11 is 7.72. The van der Waals surface area contributed by atoms with Gasteiger partial charge in [-0.2, -0.15) is 0 Å². The van der Waals surface area contributed by atoms with E-state index >= 15 is 0 Å². The Labute approximate surface area is 205 Å². The molecule has 1 aromatic heterocycles. The number of thiazole rings is 1. The van der Waals surface area contributed by atoms with E-state index in [1.807, 2.05) is 0 Å². The van der Waals surface area contributed by atoms with Crippen molar-refractivity contribution in [1.82, 2.24) is 4.98 Å². The molecule has 2 aromatic carbocycles. The maximum absolute atomic E-state index is 13.6. The summed E-state index contributed by atoms with van der Waals surface area (Å²) in [5.74, 6) is -0.139. The third-order valence-electron chi connectivity index (χ3n) is 5.98. The van der Waals surface area contributed by atoms with Gasteiger partial charge < -0.3 is 9.47 Å². The van der Waals surface area contributed by atoms with E-state index in [1.54, 1.807) is 48.4 Å². The number of hydrogen-bond acceptors (Lipinski definition) is 7. The highest BCUT2D eigenvalue weighted by Crippen LogP contribution is 2.39. The topological polar surface area (TPSA) is 89.0 Å². The Morgan fingerprint density at radius 2 is 1.94 bits per heavy atom. The summed E-state index contributed by atoms with van der Waals surface area (Å²) in [5, 5.41) is 1.03. The SMILES string of the molecule is COc1ccc(Cl)c2sc(N(CC3CCCO3)C(=O)c3ccc(N4C(=O)CCC4=O)cc3)nc12. The molecule has 10 heteroatoms. The first-order chi connectivity index (χ1) is 16.5. The Morgan fingerprint density at radius 3 is 2.59 bits per heavy atom. The van der Waals surface area contributed by atoms with Crippen LogP contribution in [0.2, 0.25) is 5.02 Å². The minimum Gasteiger partial charge on any atom is -0.494 e. The number of fused-ring (bicyclic) bond motifs is 1. The first-order valence-corrected chi connectivity index (χ1v) is 12.2. The van der Waals surface area contributed by atoms with Gasteiger partial charge >= 0.3 is 0 Å². The fraction of sp³-hybridized carbons (Fsp3) is 0.333. The van der Waals surface area contributed by atoms with Gasteiger partial charge in [0.15, 0.2) is 5.13 Å². The van der Waals surface area contributed by atoms with E-state index in [0.717, 1.165) is 17.5 Å². The van der Waals surface area contributed by atoms with Gasteiger partial charge in [-0.15, -0.1) is 0 Å². The molecule has 0 bridgehead atoms. The quantitative estimate of drug-likeness (QED) is 0.466. The number of hydrogen-bond donors (Lipinski definition) is 0. The van der Waals surface area contributed by atoms with Gasteiger partial charge in [-0.25, -0.2) is 4.98 Å². The lowest BCUT2D eigenvalue weighted by molar-refractivity contribution is -0.121. The molecular formula is C24H22ClN3O5S. The highest BCUT2D eigenvalue weighted by Gasteiger charge is 2.31. The molecule has 2 saturated heterocycles. The highest BCUT2D eigenvalue weighted by atomic mass is 35.5. The number of benzene rings is 2. The number of carbonyl (C=O) groups is 3. The molecule has 3 amide bonds. The Balaban J connectivity index is 1.49. The Bertz CT molecular complexity index is 1250. The lowest BCUT2D eigenvalue weighted by atomic mass is 10.1. The second-order valence-electron chi connectivity index (χ2n) is 8.14. The maximum Gasteiger partial charge on any atom is 0.260 e. The van der Waals surface area contributed by atoms with Crippen molar-refractivity contribution in [2.24, 2.45) is 0 Å². The van der Waals surface area contributed by atoms with Crippen molar-refractivity contribution in [3.63, 3.8) is 0 Å². The molecule has 8 nitrogen and oxygen atoms in total. The van der Waals surface area contributed by atoms with Crippen molar-refractivity contribution >= 4 is 61.7 Å². The van der Waals surface area contributed by atoms with Crippen molar-refractivity contribution in [2.45, 2.75) is 31.8 Å². The number of nitrogens with zero attached hydrogens (tertiary/aromatic N) is 3. The fourth-order valence-corrected chi connectivity index (χ4v) is 5.50. The van der Waals surface area contributed by atoms with Gasteiger partial charge in [-0.1, -0.05) is 22.9 Å². The molecule has 5 rings (SSSR count). The summed E-state index contributed by atoms with van der Waals surface area (Å²) < 4.78 is 12.0. The van der Waals surface area contributed by atoms with Crippen LogP contribution in [0.3, 0.4) is 0 Å². The number of carbonyl (C=O) groups excluding carboxylic acids is 3. The molecule has 0 aliphatic carbocycles. The van der Waals surface area contributed by atoms with Crippen molar-refractivity contribution in [1.29, 1.82) is 0 Å². The fourth-order valence-electron chi connectivity index (χ4n) is 4.23. The number of anilines is 2. The molecule has 1 unspecified atom stereocenters. The second kappa shape index (κ2) is 9.32. The molecule has 2 fully saturated rings. The lowest BCUT2D eigenvalue weighted by Gasteiger charge is -2.23. The Kier molecular flexibility index (Phi) is 6.24. The summed E-state index contributed by atoms with van der Waals surface area (Å²) in [6.45, 7) is 1.02. The van der Waals surface area contributed by atoms with Crippen LogP contribution in [0, 0.1) is 0 Å². The number of aromatic nitrogens is 1. The smallest absolute Gasteiger partial charge is 0.260 e. The molecule has 3 aromatic rings. The van der Waals surface area contributed by atoms with Gasteiger partial charge in [0.05, 0.1) is 35.2 Å². The zero-order valence-corrected chi connectivity index (χ0v) is 20.0. The monoisotopic (exact) mass is 499 g/mol. The first-order valence-electron chi connectivity index (χ1n) is 11.0. The average Bonchev–Trinajstić information content (AvgIpc) is 3.58. The first kappa shape index (κ1) is 22.8. The molecule has 2 aliphatic rings. The third kappa shape index (κ3) is 4.15.